The summed E-state index contributed by atoms with van der Waals surface area (Å²) in [6.07, 6.45) is 1.31. The quantitative estimate of drug-likeness (QED) is 0.880. The van der Waals surface area contributed by atoms with Crippen molar-refractivity contribution in [2.45, 2.75) is 6.54 Å². The number of carbonyl (C=O) groups is 1. The predicted molar refractivity (Wildman–Crippen MR) is 66.8 cm³/mol. The van der Waals surface area contributed by atoms with Crippen LogP contribution in [0.5, 0.6) is 0 Å². The van der Waals surface area contributed by atoms with E-state index in [-0.39, 0.29) is 17.3 Å². The topological polar surface area (TPSA) is 42.0 Å². The summed E-state index contributed by atoms with van der Waals surface area (Å²) >= 11 is 5.59. The maximum Gasteiger partial charge on any atom is 0.253 e. The molecule has 1 N–H and O–H groups in total. The van der Waals surface area contributed by atoms with Gasteiger partial charge in [0.05, 0.1) is 5.56 Å². The van der Waals surface area contributed by atoms with Gasteiger partial charge in [0.1, 0.15) is 16.8 Å². The zero-order chi connectivity index (χ0) is 13.8. The van der Waals surface area contributed by atoms with Crippen molar-refractivity contribution in [3.63, 3.8) is 0 Å². The second-order valence-electron chi connectivity index (χ2n) is 3.79. The normalized spacial score (nSPS) is 10.3. The molecule has 1 aromatic carbocycles. The molecule has 0 aliphatic carbocycles. The smallest absolute Gasteiger partial charge is 0.253 e. The minimum absolute atomic E-state index is 0.0790. The molecule has 0 saturated carbocycles. The van der Waals surface area contributed by atoms with Gasteiger partial charge in [0.25, 0.3) is 5.91 Å². The summed E-state index contributed by atoms with van der Waals surface area (Å²) in [6, 6.07) is 6.03. The molecule has 98 valence electrons. The molecule has 2 rings (SSSR count). The fourth-order valence-electron chi connectivity index (χ4n) is 1.47. The van der Waals surface area contributed by atoms with E-state index in [9.17, 15) is 13.6 Å². The van der Waals surface area contributed by atoms with Crippen LogP contribution in [-0.2, 0) is 6.54 Å². The summed E-state index contributed by atoms with van der Waals surface area (Å²) in [5.41, 5.74) is 0.372. The van der Waals surface area contributed by atoms with Crippen LogP contribution in [0.3, 0.4) is 0 Å². The molecule has 19 heavy (non-hydrogen) atoms. The van der Waals surface area contributed by atoms with Crippen molar-refractivity contribution < 1.29 is 13.6 Å². The molecule has 0 saturated heterocycles. The Kier molecular flexibility index (Phi) is 4.06. The molecule has 0 spiro atoms. The SMILES string of the molecule is O=C(NCc1cc(F)ccc1F)c1ccc(Cl)nc1. The average Bonchev–Trinajstić information content (AvgIpc) is 2.40. The van der Waals surface area contributed by atoms with Gasteiger partial charge in [-0.3, -0.25) is 4.79 Å². The van der Waals surface area contributed by atoms with E-state index in [1.807, 2.05) is 0 Å². The van der Waals surface area contributed by atoms with Gasteiger partial charge in [-0.25, -0.2) is 13.8 Å². The van der Waals surface area contributed by atoms with Crippen molar-refractivity contribution in [1.29, 1.82) is 0 Å². The van der Waals surface area contributed by atoms with Crippen LogP contribution in [0.15, 0.2) is 36.5 Å². The first-order valence-electron chi connectivity index (χ1n) is 5.40. The van der Waals surface area contributed by atoms with Crippen LogP contribution in [0.2, 0.25) is 5.15 Å². The summed E-state index contributed by atoms with van der Waals surface area (Å²) in [4.78, 5) is 15.5. The molecule has 1 amide bonds. The van der Waals surface area contributed by atoms with E-state index in [1.165, 1.54) is 18.3 Å². The van der Waals surface area contributed by atoms with E-state index in [4.69, 9.17) is 11.6 Å². The van der Waals surface area contributed by atoms with E-state index in [0.29, 0.717) is 5.56 Å². The van der Waals surface area contributed by atoms with Gasteiger partial charge in [-0.15, -0.1) is 0 Å². The molecule has 3 nitrogen and oxygen atoms in total. The number of rotatable bonds is 3. The van der Waals surface area contributed by atoms with E-state index < -0.39 is 17.5 Å². The lowest BCUT2D eigenvalue weighted by Gasteiger charge is -2.06. The number of halogens is 3. The number of nitrogens with zero attached hydrogens (tertiary/aromatic N) is 1. The lowest BCUT2D eigenvalue weighted by Crippen LogP contribution is -2.23. The number of pyridine rings is 1. The Morgan fingerprint density at radius 3 is 2.74 bits per heavy atom. The monoisotopic (exact) mass is 282 g/mol. The Balaban J connectivity index is 2.04. The number of amides is 1. The summed E-state index contributed by atoms with van der Waals surface area (Å²) < 4.78 is 26.3. The first-order valence-corrected chi connectivity index (χ1v) is 5.78. The van der Waals surface area contributed by atoms with Gasteiger partial charge in [0.2, 0.25) is 0 Å². The van der Waals surface area contributed by atoms with Crippen molar-refractivity contribution in [1.82, 2.24) is 10.3 Å². The molecule has 1 aromatic heterocycles. The predicted octanol–water partition coefficient (Wildman–Crippen LogP) is 2.94. The van der Waals surface area contributed by atoms with Crippen molar-refractivity contribution in [2.24, 2.45) is 0 Å². The number of benzene rings is 1. The molecular weight excluding hydrogens is 274 g/mol. The Labute approximate surface area is 113 Å². The number of hydrogen-bond acceptors (Lipinski definition) is 2. The first-order chi connectivity index (χ1) is 9.06. The summed E-state index contributed by atoms with van der Waals surface area (Å²) in [5, 5.41) is 2.75. The zero-order valence-electron chi connectivity index (χ0n) is 9.66. The second-order valence-corrected chi connectivity index (χ2v) is 4.18. The standard InChI is InChI=1S/C13H9ClF2N2O/c14-12-4-1-8(6-17-12)13(19)18-7-9-5-10(15)2-3-11(9)16/h1-6H,7H2,(H,18,19). The molecular formula is C13H9ClF2N2O. The summed E-state index contributed by atoms with van der Waals surface area (Å²) in [5.74, 6) is -1.57. The van der Waals surface area contributed by atoms with Gasteiger partial charge in [-0.2, -0.15) is 0 Å². The molecule has 0 atom stereocenters. The Morgan fingerprint density at radius 2 is 2.05 bits per heavy atom. The third-order valence-electron chi connectivity index (χ3n) is 2.44. The zero-order valence-corrected chi connectivity index (χ0v) is 10.4. The highest BCUT2D eigenvalue weighted by Gasteiger charge is 2.08. The number of hydrogen-bond donors (Lipinski definition) is 1. The van der Waals surface area contributed by atoms with Gasteiger partial charge in [0.15, 0.2) is 0 Å². The van der Waals surface area contributed by atoms with Crippen LogP contribution in [0.4, 0.5) is 8.78 Å². The van der Waals surface area contributed by atoms with Crippen LogP contribution in [0, 0.1) is 11.6 Å². The molecule has 0 aliphatic heterocycles. The molecule has 0 aliphatic rings. The van der Waals surface area contributed by atoms with E-state index >= 15 is 0 Å². The van der Waals surface area contributed by atoms with Gasteiger partial charge in [-0.05, 0) is 30.3 Å². The highest BCUT2D eigenvalue weighted by molar-refractivity contribution is 6.29. The van der Waals surface area contributed by atoms with Crippen LogP contribution in [0.25, 0.3) is 0 Å². The Morgan fingerprint density at radius 1 is 1.26 bits per heavy atom. The first kappa shape index (κ1) is 13.4. The molecule has 2 aromatic rings. The van der Waals surface area contributed by atoms with E-state index in [1.54, 1.807) is 0 Å². The molecule has 0 unspecified atom stereocenters. The van der Waals surface area contributed by atoms with E-state index in [2.05, 4.69) is 10.3 Å². The average molecular weight is 283 g/mol. The molecule has 0 bridgehead atoms. The maximum absolute atomic E-state index is 13.3. The lowest BCUT2D eigenvalue weighted by atomic mass is 10.2. The summed E-state index contributed by atoms with van der Waals surface area (Å²) in [6.45, 7) is -0.106. The molecule has 6 heteroatoms. The number of aromatic nitrogens is 1. The minimum atomic E-state index is -0.573. The van der Waals surface area contributed by atoms with Gasteiger partial charge < -0.3 is 5.32 Å². The molecule has 1 heterocycles. The Bertz CT molecular complexity index is 602. The van der Waals surface area contributed by atoms with Crippen molar-refractivity contribution in [3.8, 4) is 0 Å². The summed E-state index contributed by atoms with van der Waals surface area (Å²) in [7, 11) is 0. The van der Waals surface area contributed by atoms with Crippen molar-refractivity contribution >= 4 is 17.5 Å². The highest BCUT2D eigenvalue weighted by Crippen LogP contribution is 2.10. The fraction of sp³-hybridized carbons (Fsp3) is 0.0769. The number of nitrogens with one attached hydrogen (secondary N) is 1. The van der Waals surface area contributed by atoms with Crippen LogP contribution in [0.1, 0.15) is 15.9 Å². The van der Waals surface area contributed by atoms with Crippen molar-refractivity contribution in [2.75, 3.05) is 0 Å². The second kappa shape index (κ2) is 5.75. The lowest BCUT2D eigenvalue weighted by molar-refractivity contribution is 0.0950. The fourth-order valence-corrected chi connectivity index (χ4v) is 1.58. The minimum Gasteiger partial charge on any atom is -0.348 e. The molecule has 0 fully saturated rings. The van der Waals surface area contributed by atoms with Gasteiger partial charge in [0, 0.05) is 18.3 Å². The number of carbonyl (C=O) groups excluding carboxylic acids is 1. The third kappa shape index (κ3) is 3.48. The van der Waals surface area contributed by atoms with Crippen LogP contribution >= 0.6 is 11.6 Å². The van der Waals surface area contributed by atoms with Crippen LogP contribution in [-0.4, -0.2) is 10.9 Å². The Hall–Kier alpha value is -2.01. The van der Waals surface area contributed by atoms with E-state index in [0.717, 1.165) is 18.2 Å². The largest absolute Gasteiger partial charge is 0.348 e. The molecule has 0 radical (unpaired) electrons. The van der Waals surface area contributed by atoms with Crippen molar-refractivity contribution in [3.05, 3.63) is 64.4 Å². The van der Waals surface area contributed by atoms with Crippen LogP contribution < -0.4 is 5.32 Å². The van der Waals surface area contributed by atoms with Gasteiger partial charge >= 0.3 is 0 Å². The van der Waals surface area contributed by atoms with Gasteiger partial charge in [-0.1, -0.05) is 11.6 Å². The highest BCUT2D eigenvalue weighted by atomic mass is 35.5. The third-order valence-corrected chi connectivity index (χ3v) is 2.66. The maximum atomic E-state index is 13.3.